The number of nitrogens with one attached hydrogen (secondary N) is 1. The summed E-state index contributed by atoms with van der Waals surface area (Å²) in [4.78, 5) is 17.3. The highest BCUT2D eigenvalue weighted by Crippen LogP contribution is 2.23. The first-order valence-electron chi connectivity index (χ1n) is 7.82. The molecule has 1 heterocycles. The van der Waals surface area contributed by atoms with Gasteiger partial charge in [-0.25, -0.2) is 0 Å². The Labute approximate surface area is 141 Å². The largest absolute Gasteiger partial charge is 0.497 e. The van der Waals surface area contributed by atoms with Crippen molar-refractivity contribution in [3.05, 3.63) is 64.8 Å². The number of aromatic nitrogens is 1. The van der Waals surface area contributed by atoms with Crippen LogP contribution in [-0.2, 0) is 0 Å². The monoisotopic (exact) mass is 320 g/mol. The summed E-state index contributed by atoms with van der Waals surface area (Å²) in [5.74, 6) is 0.590. The summed E-state index contributed by atoms with van der Waals surface area (Å²) in [7, 11) is 1.62. The third-order valence-electron chi connectivity index (χ3n) is 4.10. The SMILES string of the molecule is COc1ccc2nc(C)c(C(=O)Nc3cc(C)ccc3C)cc2c1. The van der Waals surface area contributed by atoms with Crippen molar-refractivity contribution in [2.75, 3.05) is 12.4 Å². The number of hydrogen-bond donors (Lipinski definition) is 1. The van der Waals surface area contributed by atoms with Crippen LogP contribution < -0.4 is 10.1 Å². The van der Waals surface area contributed by atoms with Gasteiger partial charge in [0.2, 0.25) is 0 Å². The molecule has 1 amide bonds. The van der Waals surface area contributed by atoms with Crippen LogP contribution in [0.4, 0.5) is 5.69 Å². The summed E-state index contributed by atoms with van der Waals surface area (Å²) in [6, 6.07) is 13.5. The van der Waals surface area contributed by atoms with Gasteiger partial charge < -0.3 is 10.1 Å². The standard InChI is InChI=1S/C20H20N2O2/c1-12-5-6-13(2)19(9-12)22-20(23)17-11-15-10-16(24-4)7-8-18(15)21-14(17)3/h5-11H,1-4H3,(H,22,23). The number of rotatable bonds is 3. The Morgan fingerprint density at radius 3 is 2.58 bits per heavy atom. The minimum atomic E-state index is -0.154. The molecule has 0 spiro atoms. The number of fused-ring (bicyclic) bond motifs is 1. The third-order valence-corrected chi connectivity index (χ3v) is 4.10. The number of ether oxygens (including phenoxy) is 1. The molecule has 0 bridgehead atoms. The van der Waals surface area contributed by atoms with Gasteiger partial charge in [0.1, 0.15) is 5.75 Å². The Balaban J connectivity index is 1.99. The zero-order valence-corrected chi connectivity index (χ0v) is 14.3. The number of nitrogens with zero attached hydrogens (tertiary/aromatic N) is 1. The predicted molar refractivity (Wildman–Crippen MR) is 96.9 cm³/mol. The molecule has 0 aliphatic heterocycles. The second-order valence-electron chi connectivity index (χ2n) is 5.95. The van der Waals surface area contributed by atoms with Crippen LogP contribution in [0.25, 0.3) is 10.9 Å². The van der Waals surface area contributed by atoms with E-state index in [0.717, 1.165) is 33.5 Å². The van der Waals surface area contributed by atoms with Gasteiger partial charge in [0.25, 0.3) is 5.91 Å². The molecule has 3 aromatic rings. The molecular formula is C20H20N2O2. The second-order valence-corrected chi connectivity index (χ2v) is 5.95. The highest BCUT2D eigenvalue weighted by molar-refractivity contribution is 6.07. The van der Waals surface area contributed by atoms with Crippen molar-refractivity contribution in [3.8, 4) is 5.75 Å². The van der Waals surface area contributed by atoms with E-state index in [1.54, 1.807) is 7.11 Å². The molecule has 4 nitrogen and oxygen atoms in total. The van der Waals surface area contributed by atoms with Crippen molar-refractivity contribution in [1.29, 1.82) is 0 Å². The molecule has 0 saturated carbocycles. The molecule has 0 aliphatic rings. The smallest absolute Gasteiger partial charge is 0.257 e. The third kappa shape index (κ3) is 3.08. The molecule has 0 aliphatic carbocycles. The maximum absolute atomic E-state index is 12.7. The fraction of sp³-hybridized carbons (Fsp3) is 0.200. The lowest BCUT2D eigenvalue weighted by atomic mass is 10.1. The zero-order chi connectivity index (χ0) is 17.3. The summed E-state index contributed by atoms with van der Waals surface area (Å²) in [6.07, 6.45) is 0. The predicted octanol–water partition coefficient (Wildman–Crippen LogP) is 4.42. The van der Waals surface area contributed by atoms with E-state index in [0.29, 0.717) is 11.3 Å². The van der Waals surface area contributed by atoms with Crippen molar-refractivity contribution in [2.24, 2.45) is 0 Å². The number of aryl methyl sites for hydroxylation is 3. The lowest BCUT2D eigenvalue weighted by molar-refractivity contribution is 0.102. The maximum atomic E-state index is 12.7. The summed E-state index contributed by atoms with van der Waals surface area (Å²) in [5.41, 5.74) is 5.07. The van der Waals surface area contributed by atoms with Crippen molar-refractivity contribution in [1.82, 2.24) is 4.98 Å². The van der Waals surface area contributed by atoms with E-state index in [1.165, 1.54) is 0 Å². The van der Waals surface area contributed by atoms with E-state index in [2.05, 4.69) is 10.3 Å². The van der Waals surface area contributed by atoms with Crippen LogP contribution in [-0.4, -0.2) is 18.0 Å². The van der Waals surface area contributed by atoms with Crippen LogP contribution in [0.5, 0.6) is 5.75 Å². The van der Waals surface area contributed by atoms with E-state index in [9.17, 15) is 4.79 Å². The van der Waals surface area contributed by atoms with Crippen molar-refractivity contribution >= 4 is 22.5 Å². The molecule has 0 fully saturated rings. The molecule has 0 saturated heterocycles. The Morgan fingerprint density at radius 1 is 1.04 bits per heavy atom. The first-order chi connectivity index (χ1) is 11.5. The maximum Gasteiger partial charge on any atom is 0.257 e. The first kappa shape index (κ1) is 16.0. The van der Waals surface area contributed by atoms with Gasteiger partial charge in [-0.15, -0.1) is 0 Å². The number of carbonyl (C=O) groups excluding carboxylic acids is 1. The van der Waals surface area contributed by atoms with Crippen LogP contribution in [0.3, 0.4) is 0 Å². The van der Waals surface area contributed by atoms with Gasteiger partial charge in [0.05, 0.1) is 23.9 Å². The molecule has 122 valence electrons. The number of hydrogen-bond acceptors (Lipinski definition) is 3. The second kappa shape index (κ2) is 6.32. The molecule has 3 rings (SSSR count). The number of benzene rings is 2. The Bertz CT molecular complexity index is 932. The normalized spacial score (nSPS) is 10.7. The van der Waals surface area contributed by atoms with Gasteiger partial charge >= 0.3 is 0 Å². The Kier molecular flexibility index (Phi) is 4.21. The average molecular weight is 320 g/mol. The van der Waals surface area contributed by atoms with E-state index in [-0.39, 0.29) is 5.91 Å². The number of amides is 1. The topological polar surface area (TPSA) is 51.2 Å². The van der Waals surface area contributed by atoms with Crippen LogP contribution in [0.2, 0.25) is 0 Å². The molecule has 1 aromatic heterocycles. The highest BCUT2D eigenvalue weighted by Gasteiger charge is 2.13. The van der Waals surface area contributed by atoms with Crippen molar-refractivity contribution < 1.29 is 9.53 Å². The van der Waals surface area contributed by atoms with E-state index < -0.39 is 0 Å². The molecule has 2 aromatic carbocycles. The summed E-state index contributed by atoms with van der Waals surface area (Å²) in [5, 5.41) is 3.87. The number of carbonyl (C=O) groups is 1. The molecule has 1 N–H and O–H groups in total. The molecule has 0 unspecified atom stereocenters. The zero-order valence-electron chi connectivity index (χ0n) is 14.3. The van der Waals surface area contributed by atoms with Gasteiger partial charge in [-0.2, -0.15) is 0 Å². The van der Waals surface area contributed by atoms with Gasteiger partial charge in [-0.1, -0.05) is 12.1 Å². The Hall–Kier alpha value is -2.88. The average Bonchev–Trinajstić information content (AvgIpc) is 2.57. The van der Waals surface area contributed by atoms with Crippen LogP contribution in [0.1, 0.15) is 27.2 Å². The summed E-state index contributed by atoms with van der Waals surface area (Å²) < 4.78 is 5.25. The van der Waals surface area contributed by atoms with Crippen LogP contribution >= 0.6 is 0 Å². The quantitative estimate of drug-likeness (QED) is 0.777. The first-order valence-corrected chi connectivity index (χ1v) is 7.82. The number of anilines is 1. The highest BCUT2D eigenvalue weighted by atomic mass is 16.5. The number of methoxy groups -OCH3 is 1. The lowest BCUT2D eigenvalue weighted by Gasteiger charge is -2.12. The van der Waals surface area contributed by atoms with Crippen LogP contribution in [0, 0.1) is 20.8 Å². The van der Waals surface area contributed by atoms with Gasteiger partial charge in [-0.05, 0) is 62.2 Å². The molecular weight excluding hydrogens is 300 g/mol. The van der Waals surface area contributed by atoms with E-state index >= 15 is 0 Å². The minimum absolute atomic E-state index is 0.154. The molecule has 24 heavy (non-hydrogen) atoms. The van der Waals surface area contributed by atoms with Gasteiger partial charge in [0, 0.05) is 11.1 Å². The van der Waals surface area contributed by atoms with Crippen molar-refractivity contribution in [2.45, 2.75) is 20.8 Å². The Morgan fingerprint density at radius 2 is 1.83 bits per heavy atom. The van der Waals surface area contributed by atoms with Crippen LogP contribution in [0.15, 0.2) is 42.5 Å². The summed E-state index contributed by atoms with van der Waals surface area (Å²) in [6.45, 7) is 5.83. The fourth-order valence-electron chi connectivity index (χ4n) is 2.67. The van der Waals surface area contributed by atoms with Crippen molar-refractivity contribution in [3.63, 3.8) is 0 Å². The lowest BCUT2D eigenvalue weighted by Crippen LogP contribution is -2.15. The van der Waals surface area contributed by atoms with E-state index in [1.807, 2.05) is 63.2 Å². The molecule has 4 heteroatoms. The fourth-order valence-corrected chi connectivity index (χ4v) is 2.67. The van der Waals surface area contributed by atoms with E-state index in [4.69, 9.17) is 4.74 Å². The molecule has 0 atom stereocenters. The minimum Gasteiger partial charge on any atom is -0.497 e. The molecule has 0 radical (unpaired) electrons. The van der Waals surface area contributed by atoms with Gasteiger partial charge in [0.15, 0.2) is 0 Å². The summed E-state index contributed by atoms with van der Waals surface area (Å²) >= 11 is 0. The van der Waals surface area contributed by atoms with Gasteiger partial charge in [-0.3, -0.25) is 9.78 Å². The number of pyridine rings is 1.